The number of hydrogen-bond acceptors (Lipinski definition) is 2. The first kappa shape index (κ1) is 15.1. The van der Waals surface area contributed by atoms with Crippen molar-refractivity contribution in [2.45, 2.75) is 38.8 Å². The molecule has 0 aliphatic carbocycles. The van der Waals surface area contributed by atoms with Crippen molar-refractivity contribution in [2.24, 2.45) is 0 Å². The lowest BCUT2D eigenvalue weighted by Crippen LogP contribution is -2.26. The van der Waals surface area contributed by atoms with Crippen LogP contribution in [0.5, 0.6) is 0 Å². The van der Waals surface area contributed by atoms with E-state index < -0.39 is 0 Å². The Balaban J connectivity index is 2.25. The van der Waals surface area contributed by atoms with Crippen LogP contribution in [0.2, 0.25) is 0 Å². The molecule has 0 amide bonds. The van der Waals surface area contributed by atoms with Crippen molar-refractivity contribution in [3.63, 3.8) is 0 Å². The van der Waals surface area contributed by atoms with E-state index in [1.54, 1.807) is 0 Å². The van der Waals surface area contributed by atoms with Gasteiger partial charge in [-0.2, -0.15) is 0 Å². The minimum absolute atomic E-state index is 0.166. The summed E-state index contributed by atoms with van der Waals surface area (Å²) >= 11 is 0. The minimum atomic E-state index is -0.166. The zero-order valence-corrected chi connectivity index (χ0v) is 11.7. The van der Waals surface area contributed by atoms with E-state index in [1.807, 2.05) is 19.2 Å². The number of halogens is 1. The number of nitrogens with one attached hydrogen (secondary N) is 1. The molecule has 0 bridgehead atoms. The molecule has 0 heterocycles. The van der Waals surface area contributed by atoms with E-state index in [-0.39, 0.29) is 5.82 Å². The number of benzene rings is 1. The average Bonchev–Trinajstić information content (AvgIpc) is 2.37. The Bertz CT molecular complexity index is 320. The topological polar surface area (TPSA) is 15.3 Å². The molecule has 3 heteroatoms. The number of rotatable bonds is 8. The molecule has 0 spiro atoms. The van der Waals surface area contributed by atoms with E-state index >= 15 is 0 Å². The van der Waals surface area contributed by atoms with Crippen molar-refractivity contribution in [2.75, 3.05) is 20.6 Å². The van der Waals surface area contributed by atoms with Crippen LogP contribution in [-0.2, 0) is 6.54 Å². The normalized spacial score (nSPS) is 12.9. The van der Waals surface area contributed by atoms with E-state index in [1.165, 1.54) is 37.0 Å². The Hall–Kier alpha value is -0.930. The van der Waals surface area contributed by atoms with Crippen LogP contribution in [0.25, 0.3) is 0 Å². The molecule has 1 aromatic rings. The van der Waals surface area contributed by atoms with Crippen molar-refractivity contribution in [1.29, 1.82) is 0 Å². The molecule has 1 atom stereocenters. The summed E-state index contributed by atoms with van der Waals surface area (Å²) in [5, 5.41) is 3.32. The van der Waals surface area contributed by atoms with Crippen molar-refractivity contribution in [3.8, 4) is 0 Å². The van der Waals surface area contributed by atoms with Gasteiger partial charge in [-0.25, -0.2) is 4.39 Å². The van der Waals surface area contributed by atoms with Crippen molar-refractivity contribution < 1.29 is 4.39 Å². The molecule has 18 heavy (non-hydrogen) atoms. The summed E-state index contributed by atoms with van der Waals surface area (Å²) in [6, 6.07) is 7.39. The van der Waals surface area contributed by atoms with Gasteiger partial charge in [0.25, 0.3) is 0 Å². The van der Waals surface area contributed by atoms with Gasteiger partial charge in [-0.05, 0) is 57.6 Å². The molecule has 2 nitrogen and oxygen atoms in total. The summed E-state index contributed by atoms with van der Waals surface area (Å²) in [4.78, 5) is 2.29. The molecule has 0 radical (unpaired) electrons. The molecular weight excluding hydrogens is 227 g/mol. The van der Waals surface area contributed by atoms with Crippen molar-refractivity contribution in [1.82, 2.24) is 10.2 Å². The fourth-order valence-electron chi connectivity index (χ4n) is 2.14. The Labute approximate surface area is 110 Å². The third-order valence-corrected chi connectivity index (χ3v) is 3.36. The molecule has 1 N–H and O–H groups in total. The maximum absolute atomic E-state index is 12.8. The molecule has 0 saturated carbocycles. The highest BCUT2D eigenvalue weighted by atomic mass is 19.1. The van der Waals surface area contributed by atoms with Gasteiger partial charge in [0.2, 0.25) is 0 Å². The van der Waals surface area contributed by atoms with Gasteiger partial charge in [0.15, 0.2) is 0 Å². The van der Waals surface area contributed by atoms with Gasteiger partial charge in [0.1, 0.15) is 5.82 Å². The monoisotopic (exact) mass is 252 g/mol. The van der Waals surface area contributed by atoms with Gasteiger partial charge in [-0.3, -0.25) is 0 Å². The zero-order valence-electron chi connectivity index (χ0n) is 11.7. The molecule has 0 aromatic heterocycles. The Morgan fingerprint density at radius 2 is 1.94 bits per heavy atom. The third kappa shape index (κ3) is 5.61. The van der Waals surface area contributed by atoms with Gasteiger partial charge < -0.3 is 10.2 Å². The first-order chi connectivity index (χ1) is 8.65. The van der Waals surface area contributed by atoms with E-state index in [4.69, 9.17) is 0 Å². The van der Waals surface area contributed by atoms with Crippen LogP contribution in [0.3, 0.4) is 0 Å². The SMILES string of the molecule is CCC(CCCN(C)Cc1ccc(F)cc1)NC. The first-order valence-electron chi connectivity index (χ1n) is 6.76. The lowest BCUT2D eigenvalue weighted by molar-refractivity contribution is 0.309. The summed E-state index contributed by atoms with van der Waals surface area (Å²) in [6.07, 6.45) is 3.58. The molecule has 1 aromatic carbocycles. The molecule has 1 rings (SSSR count). The van der Waals surface area contributed by atoms with E-state index in [0.29, 0.717) is 6.04 Å². The van der Waals surface area contributed by atoms with Crippen LogP contribution in [0.4, 0.5) is 4.39 Å². The molecule has 0 aliphatic rings. The summed E-state index contributed by atoms with van der Waals surface area (Å²) in [6.45, 7) is 4.18. The second-order valence-corrected chi connectivity index (χ2v) is 4.90. The summed E-state index contributed by atoms with van der Waals surface area (Å²) in [5.41, 5.74) is 1.17. The highest BCUT2D eigenvalue weighted by molar-refractivity contribution is 5.15. The molecule has 1 unspecified atom stereocenters. The lowest BCUT2D eigenvalue weighted by Gasteiger charge is -2.19. The van der Waals surface area contributed by atoms with E-state index in [2.05, 4.69) is 24.2 Å². The predicted molar refractivity (Wildman–Crippen MR) is 75.1 cm³/mol. The Morgan fingerprint density at radius 3 is 2.50 bits per heavy atom. The van der Waals surface area contributed by atoms with Crippen molar-refractivity contribution in [3.05, 3.63) is 35.6 Å². The smallest absolute Gasteiger partial charge is 0.123 e. The molecule has 0 saturated heterocycles. The highest BCUT2D eigenvalue weighted by Crippen LogP contribution is 2.07. The standard InChI is InChI=1S/C15H25FN2/c1-4-15(17-2)6-5-11-18(3)12-13-7-9-14(16)10-8-13/h7-10,15,17H,4-6,11-12H2,1-3H3. The fourth-order valence-corrected chi connectivity index (χ4v) is 2.14. The molecule has 0 fully saturated rings. The lowest BCUT2D eigenvalue weighted by atomic mass is 10.1. The van der Waals surface area contributed by atoms with Crippen LogP contribution in [0.1, 0.15) is 31.7 Å². The maximum atomic E-state index is 12.8. The number of hydrogen-bond donors (Lipinski definition) is 1. The summed E-state index contributed by atoms with van der Waals surface area (Å²) in [5.74, 6) is -0.166. The van der Waals surface area contributed by atoms with Crippen molar-refractivity contribution >= 4 is 0 Å². The van der Waals surface area contributed by atoms with Gasteiger partial charge >= 0.3 is 0 Å². The second-order valence-electron chi connectivity index (χ2n) is 4.90. The quantitative estimate of drug-likeness (QED) is 0.765. The first-order valence-corrected chi connectivity index (χ1v) is 6.76. The zero-order chi connectivity index (χ0) is 13.4. The summed E-state index contributed by atoms with van der Waals surface area (Å²) in [7, 11) is 4.14. The van der Waals surface area contributed by atoms with Gasteiger partial charge in [0, 0.05) is 12.6 Å². The minimum Gasteiger partial charge on any atom is -0.317 e. The van der Waals surface area contributed by atoms with Gasteiger partial charge in [-0.15, -0.1) is 0 Å². The van der Waals surface area contributed by atoms with Crippen LogP contribution < -0.4 is 5.32 Å². The Kier molecular flexibility index (Phi) is 6.91. The van der Waals surface area contributed by atoms with Crippen LogP contribution in [-0.4, -0.2) is 31.6 Å². The Morgan fingerprint density at radius 1 is 1.28 bits per heavy atom. The number of nitrogens with zero attached hydrogens (tertiary/aromatic N) is 1. The summed E-state index contributed by atoms with van der Waals surface area (Å²) < 4.78 is 12.8. The van der Waals surface area contributed by atoms with Gasteiger partial charge in [0.05, 0.1) is 0 Å². The largest absolute Gasteiger partial charge is 0.317 e. The van der Waals surface area contributed by atoms with Gasteiger partial charge in [-0.1, -0.05) is 19.1 Å². The predicted octanol–water partition coefficient (Wildman–Crippen LogP) is 3.04. The second kappa shape index (κ2) is 8.22. The maximum Gasteiger partial charge on any atom is 0.123 e. The van der Waals surface area contributed by atoms with Crippen LogP contribution in [0, 0.1) is 5.82 Å². The third-order valence-electron chi connectivity index (χ3n) is 3.36. The van der Waals surface area contributed by atoms with E-state index in [9.17, 15) is 4.39 Å². The molecule has 102 valence electrons. The molecule has 0 aliphatic heterocycles. The van der Waals surface area contributed by atoms with Crippen LogP contribution >= 0.6 is 0 Å². The highest BCUT2D eigenvalue weighted by Gasteiger charge is 2.04. The fraction of sp³-hybridized carbons (Fsp3) is 0.600. The van der Waals surface area contributed by atoms with Crippen LogP contribution in [0.15, 0.2) is 24.3 Å². The average molecular weight is 252 g/mol. The van der Waals surface area contributed by atoms with E-state index in [0.717, 1.165) is 13.1 Å². The molecular formula is C15H25FN2.